The summed E-state index contributed by atoms with van der Waals surface area (Å²) in [6.07, 6.45) is -6.07. The van der Waals surface area contributed by atoms with Crippen molar-refractivity contribution in [3.8, 4) is 23.0 Å². The van der Waals surface area contributed by atoms with E-state index in [4.69, 9.17) is 30.5 Å². The molecule has 0 amide bonds. The molecule has 3 rings (SSSR count). The third-order valence-corrected chi connectivity index (χ3v) is 5.74. The maximum Gasteiger partial charge on any atom is 0.417 e. The highest BCUT2D eigenvalue weighted by Crippen LogP contribution is 2.43. The van der Waals surface area contributed by atoms with E-state index in [0.717, 1.165) is 12.1 Å². The smallest absolute Gasteiger partial charge is 0.417 e. The molecule has 1 atom stereocenters. The van der Waals surface area contributed by atoms with Crippen molar-refractivity contribution in [1.82, 2.24) is 0 Å². The number of para-hydroxylation sites is 1. The molecular weight excluding hydrogens is 487 g/mol. The lowest BCUT2D eigenvalue weighted by Gasteiger charge is -2.22. The first kappa shape index (κ1) is 26.3. The first-order valence-electron chi connectivity index (χ1n) is 10.4. The SMILES string of the molecule is COc1ccc(CNc2cc(C(F)(F)F)c(Cl)cc2C(O)c2cccc(OC)c2OC)c(OC)c1. The molecule has 3 aromatic carbocycles. The van der Waals surface area contributed by atoms with Crippen molar-refractivity contribution in [2.45, 2.75) is 18.8 Å². The number of aliphatic hydroxyl groups is 1. The van der Waals surface area contributed by atoms with E-state index in [-0.39, 0.29) is 23.5 Å². The van der Waals surface area contributed by atoms with Crippen LogP contribution in [0.3, 0.4) is 0 Å². The minimum absolute atomic E-state index is 0.0389. The molecule has 0 heterocycles. The topological polar surface area (TPSA) is 69.2 Å². The van der Waals surface area contributed by atoms with Crippen LogP contribution in [-0.2, 0) is 12.7 Å². The van der Waals surface area contributed by atoms with Crippen LogP contribution in [0.15, 0.2) is 48.5 Å². The van der Waals surface area contributed by atoms with Gasteiger partial charge >= 0.3 is 6.18 Å². The van der Waals surface area contributed by atoms with E-state index in [1.807, 2.05) is 0 Å². The van der Waals surface area contributed by atoms with Gasteiger partial charge in [0.1, 0.15) is 17.6 Å². The van der Waals surface area contributed by atoms with Gasteiger partial charge in [0.05, 0.1) is 39.0 Å². The van der Waals surface area contributed by atoms with E-state index in [1.165, 1.54) is 28.4 Å². The molecule has 0 saturated carbocycles. The second-order valence-electron chi connectivity index (χ2n) is 7.43. The number of methoxy groups -OCH3 is 4. The number of rotatable bonds is 9. The number of benzene rings is 3. The summed E-state index contributed by atoms with van der Waals surface area (Å²) in [5.74, 6) is 1.66. The summed E-state index contributed by atoms with van der Waals surface area (Å²) < 4.78 is 62.1. The third kappa shape index (κ3) is 5.68. The van der Waals surface area contributed by atoms with E-state index < -0.39 is 22.9 Å². The standard InChI is InChI=1S/C25H25ClF3NO5/c1-32-15-9-8-14(22(10-15)34-3)13-30-20-12-18(25(27,28)29)19(26)11-17(20)23(31)16-6-5-7-21(33-2)24(16)35-4/h5-12,23,30-31H,13H2,1-4H3. The summed E-state index contributed by atoms with van der Waals surface area (Å²) in [5.41, 5.74) is 0.0971. The average Bonchev–Trinajstić information content (AvgIpc) is 2.85. The van der Waals surface area contributed by atoms with Gasteiger partial charge in [-0.05, 0) is 30.3 Å². The molecule has 3 aromatic rings. The Kier molecular flexibility index (Phi) is 8.24. The third-order valence-electron chi connectivity index (χ3n) is 5.43. The molecule has 2 N–H and O–H groups in total. The quantitative estimate of drug-likeness (QED) is 0.362. The zero-order valence-corrected chi connectivity index (χ0v) is 20.3. The maximum absolute atomic E-state index is 13.6. The van der Waals surface area contributed by atoms with Gasteiger partial charge in [0, 0.05) is 35.0 Å². The summed E-state index contributed by atoms with van der Waals surface area (Å²) in [7, 11) is 5.84. The molecule has 1 unspecified atom stereocenters. The van der Waals surface area contributed by atoms with Crippen LogP contribution in [-0.4, -0.2) is 33.5 Å². The minimum atomic E-state index is -4.69. The molecule has 0 spiro atoms. The van der Waals surface area contributed by atoms with E-state index in [1.54, 1.807) is 36.4 Å². The highest BCUT2D eigenvalue weighted by Gasteiger charge is 2.35. The number of halogens is 4. The normalized spacial score (nSPS) is 12.1. The van der Waals surface area contributed by atoms with Gasteiger partial charge < -0.3 is 29.4 Å². The summed E-state index contributed by atoms with van der Waals surface area (Å²) in [6.45, 7) is 0.0983. The van der Waals surface area contributed by atoms with Crippen LogP contribution in [0.5, 0.6) is 23.0 Å². The van der Waals surface area contributed by atoms with E-state index in [9.17, 15) is 18.3 Å². The fourth-order valence-electron chi connectivity index (χ4n) is 3.67. The summed E-state index contributed by atoms with van der Waals surface area (Å²) in [4.78, 5) is 0. The van der Waals surface area contributed by atoms with Crippen LogP contribution >= 0.6 is 11.6 Å². The van der Waals surface area contributed by atoms with Gasteiger partial charge in [-0.1, -0.05) is 23.7 Å². The molecule has 0 aliphatic carbocycles. The van der Waals surface area contributed by atoms with Crippen molar-refractivity contribution in [2.24, 2.45) is 0 Å². The number of nitrogens with one attached hydrogen (secondary N) is 1. The largest absolute Gasteiger partial charge is 0.497 e. The number of aliphatic hydroxyl groups excluding tert-OH is 1. The molecule has 0 saturated heterocycles. The number of alkyl halides is 3. The lowest BCUT2D eigenvalue weighted by Crippen LogP contribution is -2.13. The van der Waals surface area contributed by atoms with Crippen LogP contribution in [0.25, 0.3) is 0 Å². The second-order valence-corrected chi connectivity index (χ2v) is 7.84. The van der Waals surface area contributed by atoms with E-state index >= 15 is 0 Å². The Bertz CT molecular complexity index is 1190. The molecule has 0 aliphatic rings. The number of hydrogen-bond acceptors (Lipinski definition) is 6. The van der Waals surface area contributed by atoms with Crippen molar-refractivity contribution in [1.29, 1.82) is 0 Å². The van der Waals surface area contributed by atoms with Crippen LogP contribution in [0, 0.1) is 0 Å². The van der Waals surface area contributed by atoms with Gasteiger partial charge in [-0.2, -0.15) is 13.2 Å². The average molecular weight is 512 g/mol. The molecule has 188 valence electrons. The molecule has 0 radical (unpaired) electrons. The van der Waals surface area contributed by atoms with Crippen molar-refractivity contribution < 1.29 is 37.2 Å². The van der Waals surface area contributed by atoms with Crippen LogP contribution < -0.4 is 24.3 Å². The van der Waals surface area contributed by atoms with E-state index in [0.29, 0.717) is 28.4 Å². The molecule has 10 heteroatoms. The van der Waals surface area contributed by atoms with Gasteiger partial charge in [-0.25, -0.2) is 0 Å². The molecule has 0 aliphatic heterocycles. The maximum atomic E-state index is 13.6. The molecule has 6 nitrogen and oxygen atoms in total. The van der Waals surface area contributed by atoms with Crippen molar-refractivity contribution in [3.05, 3.63) is 75.8 Å². The van der Waals surface area contributed by atoms with Crippen LogP contribution in [0.1, 0.15) is 28.4 Å². The first-order valence-corrected chi connectivity index (χ1v) is 10.8. The lowest BCUT2D eigenvalue weighted by molar-refractivity contribution is -0.137. The van der Waals surface area contributed by atoms with Gasteiger partial charge in [0.15, 0.2) is 11.5 Å². The first-order chi connectivity index (χ1) is 16.6. The van der Waals surface area contributed by atoms with Gasteiger partial charge in [0.25, 0.3) is 0 Å². The van der Waals surface area contributed by atoms with Crippen molar-refractivity contribution in [2.75, 3.05) is 33.8 Å². The molecule has 0 aromatic heterocycles. The second kappa shape index (κ2) is 11.0. The highest BCUT2D eigenvalue weighted by atomic mass is 35.5. The fraction of sp³-hybridized carbons (Fsp3) is 0.280. The lowest BCUT2D eigenvalue weighted by atomic mass is 9.96. The Hall–Kier alpha value is -3.30. The molecule has 35 heavy (non-hydrogen) atoms. The summed E-state index contributed by atoms with van der Waals surface area (Å²) in [5, 5.41) is 13.7. The van der Waals surface area contributed by atoms with Gasteiger partial charge in [-0.3, -0.25) is 0 Å². The summed E-state index contributed by atoms with van der Waals surface area (Å²) >= 11 is 6.00. The Labute approximate surface area is 206 Å². The predicted molar refractivity (Wildman–Crippen MR) is 127 cm³/mol. The number of ether oxygens (including phenoxy) is 4. The highest BCUT2D eigenvalue weighted by molar-refractivity contribution is 6.31. The van der Waals surface area contributed by atoms with Gasteiger partial charge in [0.2, 0.25) is 0 Å². The van der Waals surface area contributed by atoms with E-state index in [2.05, 4.69) is 5.32 Å². The molecule has 0 fully saturated rings. The number of hydrogen-bond donors (Lipinski definition) is 2. The predicted octanol–water partition coefficient (Wildman–Crippen LogP) is 6.09. The van der Waals surface area contributed by atoms with Crippen molar-refractivity contribution in [3.63, 3.8) is 0 Å². The Morgan fingerprint density at radius 3 is 2.20 bits per heavy atom. The van der Waals surface area contributed by atoms with Crippen LogP contribution in [0.2, 0.25) is 5.02 Å². The van der Waals surface area contributed by atoms with Crippen molar-refractivity contribution >= 4 is 17.3 Å². The van der Waals surface area contributed by atoms with Crippen LogP contribution in [0.4, 0.5) is 18.9 Å². The molecular formula is C25H25ClF3NO5. The van der Waals surface area contributed by atoms with Gasteiger partial charge in [-0.15, -0.1) is 0 Å². The zero-order valence-electron chi connectivity index (χ0n) is 19.5. The Morgan fingerprint density at radius 1 is 0.886 bits per heavy atom. The zero-order chi connectivity index (χ0) is 25.8. The Morgan fingerprint density at radius 2 is 1.60 bits per heavy atom. The molecule has 0 bridgehead atoms. The number of anilines is 1. The minimum Gasteiger partial charge on any atom is -0.497 e. The Balaban J connectivity index is 2.08. The fourth-order valence-corrected chi connectivity index (χ4v) is 3.95. The monoisotopic (exact) mass is 511 g/mol. The summed E-state index contributed by atoms with van der Waals surface area (Å²) in [6, 6.07) is 12.0.